The molecule has 1 fully saturated rings. The number of morpholine rings is 1. The van der Waals surface area contributed by atoms with Crippen molar-refractivity contribution >= 4 is 11.6 Å². The number of nitrogens with one attached hydrogen (secondary N) is 2. The summed E-state index contributed by atoms with van der Waals surface area (Å²) in [4.78, 5) is 6.74. The van der Waals surface area contributed by atoms with Crippen molar-refractivity contribution in [3.05, 3.63) is 53.6 Å². The van der Waals surface area contributed by atoms with Crippen LogP contribution >= 0.6 is 0 Å². The summed E-state index contributed by atoms with van der Waals surface area (Å²) in [6, 6.07) is 14.8. The highest BCUT2D eigenvalue weighted by atomic mass is 16.5. The number of rotatable bonds is 9. The lowest BCUT2D eigenvalue weighted by Gasteiger charge is -2.29. The van der Waals surface area contributed by atoms with Crippen molar-refractivity contribution in [3.8, 4) is 11.5 Å². The second-order valence-corrected chi connectivity index (χ2v) is 7.63. The minimum Gasteiger partial charge on any atom is -0.490 e. The van der Waals surface area contributed by atoms with E-state index in [4.69, 9.17) is 14.2 Å². The number of nitrogens with zero attached hydrogens (tertiary/aromatic N) is 2. The maximum Gasteiger partial charge on any atom is 0.191 e. The van der Waals surface area contributed by atoms with E-state index >= 15 is 0 Å². The van der Waals surface area contributed by atoms with Gasteiger partial charge in [0.25, 0.3) is 0 Å². The van der Waals surface area contributed by atoms with Crippen LogP contribution in [0.5, 0.6) is 11.5 Å². The molecular weight excluding hydrogens is 404 g/mol. The fourth-order valence-electron chi connectivity index (χ4n) is 3.65. The van der Waals surface area contributed by atoms with Crippen LogP contribution in [0.3, 0.4) is 0 Å². The van der Waals surface area contributed by atoms with Crippen LogP contribution in [0, 0.1) is 0 Å². The summed E-state index contributed by atoms with van der Waals surface area (Å²) in [5.74, 6) is 2.29. The van der Waals surface area contributed by atoms with Crippen LogP contribution in [-0.4, -0.2) is 52.5 Å². The van der Waals surface area contributed by atoms with Gasteiger partial charge in [-0.3, -0.25) is 4.99 Å². The summed E-state index contributed by atoms with van der Waals surface area (Å²) in [5, 5.41) is 6.86. The number of anilines is 1. The topological polar surface area (TPSA) is 67.4 Å². The molecule has 0 aromatic heterocycles. The molecule has 1 saturated heterocycles. The quantitative estimate of drug-likeness (QED) is 0.457. The zero-order valence-electron chi connectivity index (χ0n) is 19.7. The highest BCUT2D eigenvalue weighted by molar-refractivity contribution is 5.80. The molecule has 0 saturated carbocycles. The summed E-state index contributed by atoms with van der Waals surface area (Å²) < 4.78 is 16.9. The fraction of sp³-hybridized carbons (Fsp3) is 0.480. The Morgan fingerprint density at radius 1 is 1.03 bits per heavy atom. The molecule has 0 bridgehead atoms. The van der Waals surface area contributed by atoms with Crippen LogP contribution < -0.4 is 25.0 Å². The van der Waals surface area contributed by atoms with Crippen molar-refractivity contribution in [2.24, 2.45) is 4.99 Å². The van der Waals surface area contributed by atoms with Gasteiger partial charge in [0.2, 0.25) is 0 Å². The first-order valence-electron chi connectivity index (χ1n) is 11.4. The number of guanidine groups is 1. The molecule has 32 heavy (non-hydrogen) atoms. The third kappa shape index (κ3) is 6.53. The van der Waals surface area contributed by atoms with E-state index in [1.165, 1.54) is 11.3 Å². The number of hydrogen-bond acceptors (Lipinski definition) is 5. The average Bonchev–Trinajstić information content (AvgIpc) is 2.84. The molecule has 2 aromatic rings. The van der Waals surface area contributed by atoms with E-state index in [1.807, 2.05) is 26.0 Å². The molecule has 1 unspecified atom stereocenters. The molecule has 1 aliphatic heterocycles. The maximum atomic E-state index is 5.76. The van der Waals surface area contributed by atoms with Crippen LogP contribution in [0.15, 0.2) is 47.5 Å². The Hall–Kier alpha value is -2.93. The monoisotopic (exact) mass is 440 g/mol. The Bertz CT molecular complexity index is 864. The standard InChI is InChI=1S/C25H36N4O3/c1-5-31-23-12-9-21(17-24(23)32-6-2)19(3)28-25(26-4)27-18-20-7-10-22(11-8-20)29-13-15-30-16-14-29/h7-12,17,19H,5-6,13-16,18H2,1-4H3,(H2,26,27,28). The first-order chi connectivity index (χ1) is 15.6. The van der Waals surface area contributed by atoms with Gasteiger partial charge in [0.1, 0.15) is 0 Å². The molecule has 1 heterocycles. The maximum absolute atomic E-state index is 5.76. The third-order valence-corrected chi connectivity index (χ3v) is 5.42. The molecule has 1 aliphatic rings. The zero-order valence-corrected chi connectivity index (χ0v) is 19.7. The van der Waals surface area contributed by atoms with E-state index in [9.17, 15) is 0 Å². The fourth-order valence-corrected chi connectivity index (χ4v) is 3.65. The molecular formula is C25H36N4O3. The number of ether oxygens (including phenoxy) is 3. The van der Waals surface area contributed by atoms with Crippen LogP contribution in [0.25, 0.3) is 0 Å². The van der Waals surface area contributed by atoms with Gasteiger partial charge in [-0.05, 0) is 56.2 Å². The highest BCUT2D eigenvalue weighted by Gasteiger charge is 2.13. The second-order valence-electron chi connectivity index (χ2n) is 7.63. The predicted molar refractivity (Wildman–Crippen MR) is 130 cm³/mol. The number of benzene rings is 2. The van der Waals surface area contributed by atoms with Gasteiger partial charge in [-0.25, -0.2) is 0 Å². The van der Waals surface area contributed by atoms with E-state index < -0.39 is 0 Å². The van der Waals surface area contributed by atoms with E-state index in [0.717, 1.165) is 49.3 Å². The van der Waals surface area contributed by atoms with E-state index in [1.54, 1.807) is 7.05 Å². The molecule has 0 radical (unpaired) electrons. The summed E-state index contributed by atoms with van der Waals surface area (Å²) in [5.41, 5.74) is 3.56. The van der Waals surface area contributed by atoms with Crippen molar-refractivity contribution in [2.45, 2.75) is 33.4 Å². The Morgan fingerprint density at radius 3 is 2.38 bits per heavy atom. The Kier molecular flexibility index (Phi) is 9.04. The number of hydrogen-bond donors (Lipinski definition) is 2. The first-order valence-corrected chi connectivity index (χ1v) is 11.4. The van der Waals surface area contributed by atoms with Crippen molar-refractivity contribution in [2.75, 3.05) is 51.5 Å². The van der Waals surface area contributed by atoms with Crippen LogP contribution in [0.4, 0.5) is 5.69 Å². The van der Waals surface area contributed by atoms with Gasteiger partial charge >= 0.3 is 0 Å². The van der Waals surface area contributed by atoms with Crippen molar-refractivity contribution in [1.82, 2.24) is 10.6 Å². The highest BCUT2D eigenvalue weighted by Crippen LogP contribution is 2.30. The normalized spacial score (nSPS) is 15.2. The molecule has 1 atom stereocenters. The van der Waals surface area contributed by atoms with Crippen LogP contribution in [0.2, 0.25) is 0 Å². The molecule has 3 rings (SSSR count). The van der Waals surface area contributed by atoms with Crippen LogP contribution in [-0.2, 0) is 11.3 Å². The van der Waals surface area contributed by atoms with Crippen molar-refractivity contribution < 1.29 is 14.2 Å². The second kappa shape index (κ2) is 12.2. The largest absolute Gasteiger partial charge is 0.490 e. The third-order valence-electron chi connectivity index (χ3n) is 5.42. The Morgan fingerprint density at radius 2 is 1.72 bits per heavy atom. The molecule has 2 aromatic carbocycles. The Balaban J connectivity index is 1.56. The van der Waals surface area contributed by atoms with E-state index in [2.05, 4.69) is 57.8 Å². The molecule has 174 valence electrons. The average molecular weight is 441 g/mol. The van der Waals surface area contributed by atoms with Gasteiger partial charge in [0.05, 0.1) is 32.5 Å². The molecule has 7 heteroatoms. The smallest absolute Gasteiger partial charge is 0.191 e. The minimum atomic E-state index is 0.0554. The molecule has 0 spiro atoms. The van der Waals surface area contributed by atoms with E-state index in [-0.39, 0.29) is 6.04 Å². The molecule has 7 nitrogen and oxygen atoms in total. The van der Waals surface area contributed by atoms with Gasteiger partial charge in [0.15, 0.2) is 17.5 Å². The Labute approximate surface area is 191 Å². The number of aliphatic imine (C=N–C) groups is 1. The van der Waals surface area contributed by atoms with Crippen molar-refractivity contribution in [3.63, 3.8) is 0 Å². The minimum absolute atomic E-state index is 0.0554. The first kappa shape index (κ1) is 23.7. The van der Waals surface area contributed by atoms with Crippen molar-refractivity contribution in [1.29, 1.82) is 0 Å². The van der Waals surface area contributed by atoms with Gasteiger partial charge in [-0.1, -0.05) is 18.2 Å². The van der Waals surface area contributed by atoms with Crippen LogP contribution in [0.1, 0.15) is 37.9 Å². The lowest BCUT2D eigenvalue weighted by molar-refractivity contribution is 0.122. The summed E-state index contributed by atoms with van der Waals surface area (Å²) in [7, 11) is 1.79. The summed E-state index contributed by atoms with van der Waals surface area (Å²) in [6.07, 6.45) is 0. The SMILES string of the molecule is CCOc1ccc(C(C)NC(=NC)NCc2ccc(N3CCOCC3)cc2)cc1OCC. The lowest BCUT2D eigenvalue weighted by atomic mass is 10.1. The zero-order chi connectivity index (χ0) is 22.8. The molecule has 2 N–H and O–H groups in total. The summed E-state index contributed by atoms with van der Waals surface area (Å²) in [6.45, 7) is 11.4. The van der Waals surface area contributed by atoms with Gasteiger partial charge in [0, 0.05) is 32.4 Å². The van der Waals surface area contributed by atoms with Gasteiger partial charge in [-0.15, -0.1) is 0 Å². The van der Waals surface area contributed by atoms with Gasteiger partial charge < -0.3 is 29.7 Å². The predicted octanol–water partition coefficient (Wildman–Crippen LogP) is 3.75. The lowest BCUT2D eigenvalue weighted by Crippen LogP contribution is -2.38. The summed E-state index contributed by atoms with van der Waals surface area (Å²) >= 11 is 0. The molecule has 0 amide bonds. The van der Waals surface area contributed by atoms with E-state index in [0.29, 0.717) is 19.8 Å². The van der Waals surface area contributed by atoms with Gasteiger partial charge in [-0.2, -0.15) is 0 Å². The molecule has 0 aliphatic carbocycles.